The zero-order chi connectivity index (χ0) is 24.1. The van der Waals surface area contributed by atoms with Crippen molar-refractivity contribution in [2.24, 2.45) is 0 Å². The Morgan fingerprint density at radius 3 is 2.62 bits per heavy atom. The number of nitrogens with zero attached hydrogens (tertiary/aromatic N) is 3. The number of fused-ring (bicyclic) bond motifs is 1. The van der Waals surface area contributed by atoms with Crippen molar-refractivity contribution in [2.45, 2.75) is 36.1 Å². The smallest absolute Gasteiger partial charge is 0.229 e. The summed E-state index contributed by atoms with van der Waals surface area (Å²) in [5.74, 6) is 0.823. The van der Waals surface area contributed by atoms with Crippen LogP contribution in [0.2, 0.25) is 0 Å². The van der Waals surface area contributed by atoms with Crippen LogP contribution in [0.4, 0.5) is 5.13 Å². The molecule has 6 nitrogen and oxygen atoms in total. The van der Waals surface area contributed by atoms with Gasteiger partial charge in [0.2, 0.25) is 5.91 Å². The number of carbonyl (C=O) groups is 1. The van der Waals surface area contributed by atoms with E-state index in [1.807, 2.05) is 12.1 Å². The highest BCUT2D eigenvalue weighted by Gasteiger charge is 2.21. The highest BCUT2D eigenvalue weighted by atomic mass is 32.2. The Hall–Kier alpha value is -2.75. The van der Waals surface area contributed by atoms with E-state index in [-0.39, 0.29) is 10.8 Å². The molecule has 0 fully saturated rings. The number of rotatable bonds is 9. The summed E-state index contributed by atoms with van der Waals surface area (Å²) in [6.45, 7) is 2.42. The van der Waals surface area contributed by atoms with E-state index in [9.17, 15) is 13.2 Å². The van der Waals surface area contributed by atoms with E-state index in [1.165, 1.54) is 28.1 Å². The van der Waals surface area contributed by atoms with Crippen molar-refractivity contribution in [1.82, 2.24) is 9.97 Å². The number of benzene rings is 2. The lowest BCUT2D eigenvalue weighted by Gasteiger charge is -2.20. The lowest BCUT2D eigenvalue weighted by Crippen LogP contribution is -2.30. The number of carbonyl (C=O) groups excluding carboxylic acids is 1. The second kappa shape index (κ2) is 10.7. The van der Waals surface area contributed by atoms with Crippen LogP contribution < -0.4 is 4.90 Å². The molecule has 0 spiro atoms. The topological polar surface area (TPSA) is 80.2 Å². The average Bonchev–Trinajstić information content (AvgIpc) is 3.24. The maximum absolute atomic E-state index is 13.3. The van der Waals surface area contributed by atoms with Gasteiger partial charge in [-0.2, -0.15) is 0 Å². The molecule has 0 radical (unpaired) electrons. The Balaban J connectivity index is 1.51. The normalized spacial score (nSPS) is 11.6. The molecule has 0 aliphatic rings. The van der Waals surface area contributed by atoms with Crippen LogP contribution in [0.1, 0.15) is 24.0 Å². The summed E-state index contributed by atoms with van der Waals surface area (Å²) >= 11 is 3.06. The molecule has 0 saturated carbocycles. The molecule has 0 aliphatic carbocycles. The van der Waals surface area contributed by atoms with Gasteiger partial charge in [-0.25, -0.2) is 13.4 Å². The second-order valence-electron chi connectivity index (χ2n) is 8.00. The fourth-order valence-corrected chi connectivity index (χ4v) is 5.95. The van der Waals surface area contributed by atoms with Crippen molar-refractivity contribution in [2.75, 3.05) is 16.9 Å². The van der Waals surface area contributed by atoms with E-state index >= 15 is 0 Å². The molecule has 0 atom stereocenters. The first kappa shape index (κ1) is 24.4. The van der Waals surface area contributed by atoms with Gasteiger partial charge in [0.05, 0.1) is 21.7 Å². The van der Waals surface area contributed by atoms with Gasteiger partial charge >= 0.3 is 0 Å². The number of thiazole rings is 1. The zero-order valence-corrected chi connectivity index (χ0v) is 21.4. The third kappa shape index (κ3) is 6.22. The number of sulfone groups is 1. The first-order chi connectivity index (χ1) is 16.3. The number of aromatic nitrogens is 2. The SMILES string of the molecule is Cc1ccc(SCCCC(=O)N(Cc2cccnc2)c2nc3ccc(S(C)(=O)=O)cc3s2)cc1. The summed E-state index contributed by atoms with van der Waals surface area (Å²) in [6, 6.07) is 17.0. The molecule has 0 bridgehead atoms. The van der Waals surface area contributed by atoms with Gasteiger partial charge in [-0.3, -0.25) is 14.7 Å². The molecule has 34 heavy (non-hydrogen) atoms. The van der Waals surface area contributed by atoms with Crippen molar-refractivity contribution in [3.63, 3.8) is 0 Å². The number of pyridine rings is 1. The van der Waals surface area contributed by atoms with Crippen LogP contribution in [0, 0.1) is 6.92 Å². The standard InChI is InChI=1S/C25H25N3O3S3/c1-18-7-9-20(10-8-18)32-14-4-6-24(29)28(17-19-5-3-13-26-16-19)25-27-22-12-11-21(34(2,30)31)15-23(22)33-25/h3,5,7-13,15-16H,4,6,14,17H2,1-2H3. The van der Waals surface area contributed by atoms with Gasteiger partial charge in [-0.05, 0) is 61.1 Å². The molecule has 176 valence electrons. The quantitative estimate of drug-likeness (QED) is 0.218. The fraction of sp³-hybridized carbons (Fsp3) is 0.240. The summed E-state index contributed by atoms with van der Waals surface area (Å²) in [5, 5.41) is 0.556. The van der Waals surface area contributed by atoms with E-state index in [4.69, 9.17) is 0 Å². The Bertz CT molecular complexity index is 1390. The van der Waals surface area contributed by atoms with Crippen LogP contribution in [-0.4, -0.2) is 36.3 Å². The largest absolute Gasteiger partial charge is 0.284 e. The van der Waals surface area contributed by atoms with Gasteiger partial charge < -0.3 is 0 Å². The van der Waals surface area contributed by atoms with E-state index in [1.54, 1.807) is 47.3 Å². The third-order valence-corrected chi connectivity index (χ3v) is 8.45. The summed E-state index contributed by atoms with van der Waals surface area (Å²) < 4.78 is 24.6. The van der Waals surface area contributed by atoms with Crippen molar-refractivity contribution in [3.8, 4) is 0 Å². The first-order valence-electron chi connectivity index (χ1n) is 10.8. The summed E-state index contributed by atoms with van der Waals surface area (Å²) in [5.41, 5.74) is 2.80. The summed E-state index contributed by atoms with van der Waals surface area (Å²) in [6.07, 6.45) is 5.75. The van der Waals surface area contributed by atoms with Crippen LogP contribution in [0.25, 0.3) is 10.2 Å². The van der Waals surface area contributed by atoms with Crippen molar-refractivity contribution < 1.29 is 13.2 Å². The monoisotopic (exact) mass is 511 g/mol. The second-order valence-corrected chi connectivity index (χ2v) is 12.2. The molecule has 4 aromatic rings. The van der Waals surface area contributed by atoms with Gasteiger partial charge in [0.25, 0.3) is 0 Å². The van der Waals surface area contributed by atoms with Crippen LogP contribution >= 0.6 is 23.1 Å². The summed E-state index contributed by atoms with van der Waals surface area (Å²) in [4.78, 5) is 25.2. The molecule has 2 heterocycles. The van der Waals surface area contributed by atoms with Gasteiger partial charge in [0, 0.05) is 30.0 Å². The Labute approximate surface area is 208 Å². The van der Waals surface area contributed by atoms with Gasteiger partial charge in [0.1, 0.15) is 0 Å². The predicted molar refractivity (Wildman–Crippen MR) is 139 cm³/mol. The van der Waals surface area contributed by atoms with Gasteiger partial charge in [-0.1, -0.05) is 35.1 Å². The number of aryl methyl sites for hydroxylation is 1. The highest BCUT2D eigenvalue weighted by molar-refractivity contribution is 7.99. The minimum atomic E-state index is -3.32. The Morgan fingerprint density at radius 1 is 1.12 bits per heavy atom. The van der Waals surface area contributed by atoms with Crippen molar-refractivity contribution in [1.29, 1.82) is 0 Å². The molecule has 2 aromatic carbocycles. The number of thioether (sulfide) groups is 1. The minimum Gasteiger partial charge on any atom is -0.284 e. The molecule has 4 rings (SSSR count). The third-order valence-electron chi connectivity index (χ3n) is 5.20. The van der Waals surface area contributed by atoms with E-state index < -0.39 is 9.84 Å². The Kier molecular flexibility index (Phi) is 7.65. The molecule has 1 amide bonds. The number of hydrogen-bond acceptors (Lipinski definition) is 7. The average molecular weight is 512 g/mol. The fourth-order valence-electron chi connectivity index (χ4n) is 3.36. The van der Waals surface area contributed by atoms with Crippen LogP contribution in [0.15, 0.2) is 76.8 Å². The molecule has 2 aromatic heterocycles. The Morgan fingerprint density at radius 2 is 1.91 bits per heavy atom. The predicted octanol–water partition coefficient (Wildman–Crippen LogP) is 5.51. The van der Waals surface area contributed by atoms with Gasteiger partial charge in [-0.15, -0.1) is 11.8 Å². The maximum atomic E-state index is 13.3. The number of hydrogen-bond donors (Lipinski definition) is 0. The molecule has 9 heteroatoms. The molecular formula is C25H25N3O3S3. The van der Waals surface area contributed by atoms with Crippen LogP contribution in [0.3, 0.4) is 0 Å². The van der Waals surface area contributed by atoms with Gasteiger partial charge in [0.15, 0.2) is 15.0 Å². The summed E-state index contributed by atoms with van der Waals surface area (Å²) in [7, 11) is -3.32. The molecule has 0 unspecified atom stereocenters. The van der Waals surface area contributed by atoms with E-state index in [0.717, 1.165) is 22.4 Å². The molecule has 0 N–H and O–H groups in total. The first-order valence-corrected chi connectivity index (χ1v) is 14.5. The van der Waals surface area contributed by atoms with E-state index in [0.29, 0.717) is 23.6 Å². The van der Waals surface area contributed by atoms with Crippen LogP contribution in [-0.2, 0) is 21.2 Å². The highest BCUT2D eigenvalue weighted by Crippen LogP contribution is 2.32. The van der Waals surface area contributed by atoms with Crippen LogP contribution in [0.5, 0.6) is 0 Å². The lowest BCUT2D eigenvalue weighted by molar-refractivity contribution is -0.118. The molecule has 0 aliphatic heterocycles. The van der Waals surface area contributed by atoms with Crippen molar-refractivity contribution in [3.05, 3.63) is 78.1 Å². The molecular weight excluding hydrogens is 486 g/mol. The lowest BCUT2D eigenvalue weighted by atomic mass is 10.2. The molecule has 0 saturated heterocycles. The number of anilines is 1. The van der Waals surface area contributed by atoms with E-state index in [2.05, 4.69) is 41.2 Å². The number of amides is 1. The zero-order valence-electron chi connectivity index (χ0n) is 19.0. The minimum absolute atomic E-state index is 0.0178. The maximum Gasteiger partial charge on any atom is 0.229 e. The van der Waals surface area contributed by atoms with Crippen molar-refractivity contribution >= 4 is 54.2 Å².